The number of anilines is 2. The molecule has 2 aromatic carbocycles. The molecule has 2 N–H and O–H groups in total. The van der Waals surface area contributed by atoms with Crippen LogP contribution in [0.25, 0.3) is 0 Å². The molecule has 1 aliphatic heterocycles. The number of hydrogen-bond donors (Lipinski definition) is 2. The number of ether oxygens (including phenoxy) is 1. The van der Waals surface area contributed by atoms with E-state index in [0.29, 0.717) is 18.8 Å². The quantitative estimate of drug-likeness (QED) is 0.727. The number of hydrogen-bond acceptors (Lipinski definition) is 4. The summed E-state index contributed by atoms with van der Waals surface area (Å²) in [7, 11) is 1.91. The molecule has 5 nitrogen and oxygen atoms in total. The largest absolute Gasteiger partial charge is 0.429 e. The Morgan fingerprint density at radius 3 is 2.57 bits per heavy atom. The second kappa shape index (κ2) is 7.95. The third-order valence-corrected chi connectivity index (χ3v) is 4.54. The molecular formula is C19H19F4N3O2. The number of alkyl halides is 2. The fourth-order valence-electron chi connectivity index (χ4n) is 3.23. The molecule has 0 spiro atoms. The summed E-state index contributed by atoms with van der Waals surface area (Å²) in [5, 5.41) is 5.88. The zero-order valence-corrected chi connectivity index (χ0v) is 15.3. The van der Waals surface area contributed by atoms with E-state index in [-0.39, 0.29) is 12.1 Å². The number of aryl methyl sites for hydroxylation is 1. The van der Waals surface area contributed by atoms with Crippen LogP contribution in [0.2, 0.25) is 0 Å². The van der Waals surface area contributed by atoms with E-state index in [1.807, 2.05) is 31.0 Å². The van der Waals surface area contributed by atoms with Crippen molar-refractivity contribution >= 4 is 17.3 Å². The fraction of sp³-hybridized carbons (Fsp3) is 0.316. The molecule has 1 aliphatic rings. The summed E-state index contributed by atoms with van der Waals surface area (Å²) in [4.78, 5) is 14.4. The Labute approximate surface area is 159 Å². The Morgan fingerprint density at radius 2 is 1.96 bits per heavy atom. The smallest absolute Gasteiger partial charge is 0.387 e. The number of nitrogens with one attached hydrogen (secondary N) is 2. The lowest BCUT2D eigenvalue weighted by atomic mass is 10.0. The van der Waals surface area contributed by atoms with Crippen molar-refractivity contribution in [2.24, 2.45) is 0 Å². The Hall–Kier alpha value is -2.97. The number of rotatable bonds is 6. The van der Waals surface area contributed by atoms with E-state index >= 15 is 0 Å². The van der Waals surface area contributed by atoms with E-state index in [1.165, 1.54) is 0 Å². The molecule has 9 heteroatoms. The van der Waals surface area contributed by atoms with Crippen LogP contribution < -0.4 is 20.3 Å². The summed E-state index contributed by atoms with van der Waals surface area (Å²) < 4.78 is 55.9. The van der Waals surface area contributed by atoms with Crippen LogP contribution in [0.15, 0.2) is 24.3 Å². The second-order valence-corrected chi connectivity index (χ2v) is 6.32. The molecule has 0 unspecified atom stereocenters. The molecule has 1 heterocycles. The maximum atomic E-state index is 13.9. The predicted molar refractivity (Wildman–Crippen MR) is 96.9 cm³/mol. The van der Waals surface area contributed by atoms with Gasteiger partial charge in [0.1, 0.15) is 0 Å². The van der Waals surface area contributed by atoms with Gasteiger partial charge in [0.15, 0.2) is 17.4 Å². The molecule has 150 valence electrons. The van der Waals surface area contributed by atoms with Gasteiger partial charge in [-0.15, -0.1) is 0 Å². The standard InChI is InChI=1S/C19H19F4N3O2/c1-3-10-4-5-15-16(26(2)9-25-15)12(10)8-24-18(27)11-6-13(20)17(14(21)7-11)28-19(22)23/h4-7,19,25H,3,8-9H2,1-2H3,(H,24,27). The van der Waals surface area contributed by atoms with Crippen LogP contribution in [0.3, 0.4) is 0 Å². The predicted octanol–water partition coefficient (Wildman–Crippen LogP) is 3.88. The number of carbonyl (C=O) groups is 1. The SMILES string of the molecule is CCc1ccc2c(c1CNC(=O)c1cc(F)c(OC(F)F)c(F)c1)N(C)CN2. The number of amides is 1. The van der Waals surface area contributed by atoms with E-state index < -0.39 is 29.9 Å². The average Bonchev–Trinajstić information content (AvgIpc) is 3.03. The Bertz CT molecular complexity index is 882. The van der Waals surface area contributed by atoms with Crippen molar-refractivity contribution in [3.8, 4) is 5.75 Å². The van der Waals surface area contributed by atoms with Crippen LogP contribution in [0.4, 0.5) is 28.9 Å². The lowest BCUT2D eigenvalue weighted by Gasteiger charge is -2.19. The highest BCUT2D eigenvalue weighted by atomic mass is 19.3. The minimum absolute atomic E-state index is 0.149. The summed E-state index contributed by atoms with van der Waals surface area (Å²) in [5.41, 5.74) is 3.51. The molecule has 0 saturated heterocycles. The van der Waals surface area contributed by atoms with Gasteiger partial charge in [-0.05, 0) is 35.7 Å². The van der Waals surface area contributed by atoms with Crippen LogP contribution in [-0.4, -0.2) is 26.2 Å². The molecule has 0 atom stereocenters. The van der Waals surface area contributed by atoms with Crippen molar-refractivity contribution in [1.82, 2.24) is 5.32 Å². The van der Waals surface area contributed by atoms with Crippen molar-refractivity contribution in [2.75, 3.05) is 23.9 Å². The highest BCUT2D eigenvalue weighted by Crippen LogP contribution is 2.36. The first-order valence-corrected chi connectivity index (χ1v) is 8.63. The van der Waals surface area contributed by atoms with E-state index in [4.69, 9.17) is 0 Å². The summed E-state index contributed by atoms with van der Waals surface area (Å²) in [6, 6.07) is 5.26. The number of halogens is 4. The van der Waals surface area contributed by atoms with Crippen LogP contribution in [-0.2, 0) is 13.0 Å². The van der Waals surface area contributed by atoms with Crippen molar-refractivity contribution in [2.45, 2.75) is 26.5 Å². The first kappa shape index (κ1) is 19.8. The van der Waals surface area contributed by atoms with E-state index in [0.717, 1.165) is 28.9 Å². The zero-order valence-electron chi connectivity index (χ0n) is 15.3. The first-order chi connectivity index (χ1) is 13.3. The highest BCUT2D eigenvalue weighted by Gasteiger charge is 2.23. The highest BCUT2D eigenvalue weighted by molar-refractivity contribution is 5.94. The molecule has 28 heavy (non-hydrogen) atoms. The van der Waals surface area contributed by atoms with Gasteiger partial charge in [0.25, 0.3) is 5.91 Å². The van der Waals surface area contributed by atoms with E-state index in [2.05, 4.69) is 15.4 Å². The maximum absolute atomic E-state index is 13.9. The van der Waals surface area contributed by atoms with Gasteiger partial charge < -0.3 is 20.3 Å². The summed E-state index contributed by atoms with van der Waals surface area (Å²) >= 11 is 0. The van der Waals surface area contributed by atoms with Gasteiger partial charge in [-0.3, -0.25) is 4.79 Å². The van der Waals surface area contributed by atoms with Crippen LogP contribution in [0.1, 0.15) is 28.4 Å². The van der Waals surface area contributed by atoms with E-state index in [1.54, 1.807) is 0 Å². The molecule has 0 fully saturated rings. The molecule has 0 bridgehead atoms. The molecule has 0 aromatic heterocycles. The number of nitrogens with zero attached hydrogens (tertiary/aromatic N) is 1. The van der Waals surface area contributed by atoms with Crippen molar-refractivity contribution in [1.29, 1.82) is 0 Å². The van der Waals surface area contributed by atoms with Crippen LogP contribution in [0.5, 0.6) is 5.75 Å². The van der Waals surface area contributed by atoms with Gasteiger partial charge in [-0.25, -0.2) is 8.78 Å². The van der Waals surface area contributed by atoms with Crippen molar-refractivity contribution in [3.63, 3.8) is 0 Å². The van der Waals surface area contributed by atoms with Gasteiger partial charge in [-0.1, -0.05) is 13.0 Å². The molecule has 3 rings (SSSR count). The van der Waals surface area contributed by atoms with Gasteiger partial charge in [0.05, 0.1) is 18.0 Å². The summed E-state index contributed by atoms with van der Waals surface area (Å²) in [6.45, 7) is -0.606. The van der Waals surface area contributed by atoms with Crippen molar-refractivity contribution in [3.05, 3.63) is 52.6 Å². The maximum Gasteiger partial charge on any atom is 0.387 e. The van der Waals surface area contributed by atoms with Gasteiger partial charge in [0, 0.05) is 19.2 Å². The average molecular weight is 397 g/mol. The summed E-state index contributed by atoms with van der Waals surface area (Å²) in [5.74, 6) is -4.68. The van der Waals surface area contributed by atoms with Crippen LogP contribution in [0, 0.1) is 11.6 Å². The molecule has 0 radical (unpaired) electrons. The lowest BCUT2D eigenvalue weighted by molar-refractivity contribution is -0.0546. The third-order valence-electron chi connectivity index (χ3n) is 4.54. The minimum atomic E-state index is -3.37. The van der Waals surface area contributed by atoms with Gasteiger partial charge in [0.2, 0.25) is 0 Å². The van der Waals surface area contributed by atoms with Gasteiger partial charge >= 0.3 is 6.61 Å². The van der Waals surface area contributed by atoms with Crippen molar-refractivity contribution < 1.29 is 27.1 Å². The fourth-order valence-corrected chi connectivity index (χ4v) is 3.23. The Kier molecular flexibility index (Phi) is 5.62. The van der Waals surface area contributed by atoms with Crippen LogP contribution >= 0.6 is 0 Å². The molecule has 0 saturated carbocycles. The Morgan fingerprint density at radius 1 is 1.29 bits per heavy atom. The lowest BCUT2D eigenvalue weighted by Crippen LogP contribution is -2.25. The third kappa shape index (κ3) is 3.83. The molecule has 0 aliphatic carbocycles. The summed E-state index contributed by atoms with van der Waals surface area (Å²) in [6.07, 6.45) is 0.745. The molecule has 2 aromatic rings. The number of benzene rings is 2. The second-order valence-electron chi connectivity index (χ2n) is 6.32. The zero-order chi connectivity index (χ0) is 20.4. The first-order valence-electron chi connectivity index (χ1n) is 8.63. The minimum Gasteiger partial charge on any atom is -0.429 e. The van der Waals surface area contributed by atoms with Gasteiger partial charge in [-0.2, -0.15) is 8.78 Å². The monoisotopic (exact) mass is 397 g/mol. The van der Waals surface area contributed by atoms with E-state index in [9.17, 15) is 22.4 Å². The molecular weight excluding hydrogens is 378 g/mol. The number of carbonyl (C=O) groups excluding carboxylic acids is 1. The normalized spacial score (nSPS) is 12.8. The molecule has 1 amide bonds. The topological polar surface area (TPSA) is 53.6 Å². The Balaban J connectivity index is 1.81. The number of fused-ring (bicyclic) bond motifs is 1.